The number of aromatic amines is 1. The molecular formula is C22H22ClN3O. The maximum Gasteiger partial charge on any atom is 0.255 e. The molecule has 2 atom stereocenters. The fourth-order valence-corrected chi connectivity index (χ4v) is 5.05. The molecule has 1 aliphatic heterocycles. The largest absolute Gasteiger partial charge is 0.346 e. The molecule has 1 amide bonds. The molecule has 0 bridgehead atoms. The monoisotopic (exact) mass is 379 g/mol. The fourth-order valence-electron chi connectivity index (χ4n) is 4.83. The van der Waals surface area contributed by atoms with Gasteiger partial charge in [0.1, 0.15) is 5.65 Å². The zero-order valence-corrected chi connectivity index (χ0v) is 15.8. The summed E-state index contributed by atoms with van der Waals surface area (Å²) in [5, 5.41) is 1.72. The first-order valence-corrected chi connectivity index (χ1v) is 10.1. The van der Waals surface area contributed by atoms with E-state index in [9.17, 15) is 4.79 Å². The van der Waals surface area contributed by atoms with Crippen molar-refractivity contribution in [3.05, 3.63) is 64.9 Å². The van der Waals surface area contributed by atoms with Crippen molar-refractivity contribution in [2.45, 2.75) is 37.6 Å². The first-order chi connectivity index (χ1) is 13.2. The number of halogens is 1. The molecule has 3 aromatic rings. The van der Waals surface area contributed by atoms with E-state index in [4.69, 9.17) is 11.6 Å². The van der Waals surface area contributed by atoms with E-state index < -0.39 is 0 Å². The summed E-state index contributed by atoms with van der Waals surface area (Å²) in [7, 11) is 0. The molecule has 1 aliphatic carbocycles. The van der Waals surface area contributed by atoms with E-state index in [-0.39, 0.29) is 11.9 Å². The van der Waals surface area contributed by atoms with Gasteiger partial charge in [-0.3, -0.25) is 4.79 Å². The summed E-state index contributed by atoms with van der Waals surface area (Å²) in [5.41, 5.74) is 2.84. The van der Waals surface area contributed by atoms with Crippen molar-refractivity contribution in [3.8, 4) is 0 Å². The maximum absolute atomic E-state index is 13.3. The summed E-state index contributed by atoms with van der Waals surface area (Å²) in [5.74, 6) is 0.989. The number of rotatable bonds is 3. The van der Waals surface area contributed by atoms with E-state index in [1.165, 1.54) is 30.2 Å². The Hall–Kier alpha value is -2.33. The molecule has 1 N–H and O–H groups in total. The van der Waals surface area contributed by atoms with E-state index in [1.54, 1.807) is 6.07 Å². The van der Waals surface area contributed by atoms with Gasteiger partial charge in [-0.1, -0.05) is 30.2 Å². The summed E-state index contributed by atoms with van der Waals surface area (Å²) in [6, 6.07) is 11.7. The number of aromatic nitrogens is 2. The maximum atomic E-state index is 13.3. The number of nitrogens with zero attached hydrogens (tertiary/aromatic N) is 2. The Bertz CT molecular complexity index is 994. The second kappa shape index (κ2) is 6.68. The fraction of sp³-hybridized carbons (Fsp3) is 0.364. The molecule has 27 heavy (non-hydrogen) atoms. The number of fused-ring (bicyclic) bond motifs is 1. The Labute approximate surface area is 163 Å². The highest BCUT2D eigenvalue weighted by atomic mass is 35.5. The molecule has 2 fully saturated rings. The minimum atomic E-state index is 0.0676. The van der Waals surface area contributed by atoms with Gasteiger partial charge in [0.2, 0.25) is 0 Å². The van der Waals surface area contributed by atoms with Crippen LogP contribution in [0, 0.1) is 5.92 Å². The van der Waals surface area contributed by atoms with Crippen molar-refractivity contribution in [1.82, 2.24) is 14.9 Å². The summed E-state index contributed by atoms with van der Waals surface area (Å²) >= 11 is 6.33. The van der Waals surface area contributed by atoms with Gasteiger partial charge in [0.15, 0.2) is 0 Å². The van der Waals surface area contributed by atoms with E-state index in [1.807, 2.05) is 30.5 Å². The van der Waals surface area contributed by atoms with Crippen LogP contribution in [0.15, 0.2) is 48.8 Å². The molecule has 138 valence electrons. The predicted molar refractivity (Wildman–Crippen MR) is 107 cm³/mol. The van der Waals surface area contributed by atoms with E-state index >= 15 is 0 Å². The van der Waals surface area contributed by atoms with Crippen molar-refractivity contribution < 1.29 is 4.79 Å². The van der Waals surface area contributed by atoms with Gasteiger partial charge in [-0.25, -0.2) is 4.98 Å². The van der Waals surface area contributed by atoms with Crippen LogP contribution >= 0.6 is 11.6 Å². The lowest BCUT2D eigenvalue weighted by Crippen LogP contribution is -2.44. The molecule has 0 spiro atoms. The van der Waals surface area contributed by atoms with Crippen LogP contribution in [-0.4, -0.2) is 33.4 Å². The Morgan fingerprint density at radius 1 is 1.15 bits per heavy atom. The van der Waals surface area contributed by atoms with Gasteiger partial charge in [-0.2, -0.15) is 0 Å². The normalized spacial score (nSPS) is 22.9. The third-order valence-corrected chi connectivity index (χ3v) is 6.66. The molecule has 4 nitrogen and oxygen atoms in total. The predicted octanol–water partition coefficient (Wildman–Crippen LogP) is 5.01. The van der Waals surface area contributed by atoms with Crippen LogP contribution in [0.1, 0.15) is 47.5 Å². The van der Waals surface area contributed by atoms with Gasteiger partial charge in [0, 0.05) is 36.3 Å². The molecule has 5 heteroatoms. The molecule has 1 saturated heterocycles. The summed E-state index contributed by atoms with van der Waals surface area (Å²) < 4.78 is 0. The quantitative estimate of drug-likeness (QED) is 0.695. The molecule has 2 unspecified atom stereocenters. The zero-order valence-electron chi connectivity index (χ0n) is 15.1. The molecule has 1 saturated carbocycles. The summed E-state index contributed by atoms with van der Waals surface area (Å²) in [6.07, 6.45) is 8.56. The highest BCUT2D eigenvalue weighted by Crippen LogP contribution is 2.46. The number of benzene rings is 1. The van der Waals surface area contributed by atoms with Gasteiger partial charge in [-0.15, -0.1) is 0 Å². The zero-order chi connectivity index (χ0) is 18.4. The minimum Gasteiger partial charge on any atom is -0.346 e. The Morgan fingerprint density at radius 3 is 2.78 bits per heavy atom. The van der Waals surface area contributed by atoms with Crippen LogP contribution in [0.2, 0.25) is 5.02 Å². The number of nitrogens with one attached hydrogen (secondary N) is 1. The van der Waals surface area contributed by atoms with Crippen molar-refractivity contribution in [2.24, 2.45) is 5.92 Å². The van der Waals surface area contributed by atoms with Crippen LogP contribution in [-0.2, 0) is 0 Å². The minimum absolute atomic E-state index is 0.0676. The average molecular weight is 380 g/mol. The Kier molecular flexibility index (Phi) is 4.16. The van der Waals surface area contributed by atoms with E-state index in [0.717, 1.165) is 18.6 Å². The van der Waals surface area contributed by atoms with Gasteiger partial charge in [0.25, 0.3) is 5.91 Å². The summed E-state index contributed by atoms with van der Waals surface area (Å²) in [6.45, 7) is 0.781. The van der Waals surface area contributed by atoms with E-state index in [0.29, 0.717) is 22.4 Å². The second-order valence-corrected chi connectivity index (χ2v) is 8.11. The number of pyridine rings is 1. The number of H-pyrrole nitrogens is 1. The van der Waals surface area contributed by atoms with Crippen molar-refractivity contribution in [1.29, 1.82) is 0 Å². The second-order valence-electron chi connectivity index (χ2n) is 7.70. The van der Waals surface area contributed by atoms with Crippen molar-refractivity contribution >= 4 is 28.5 Å². The molecule has 2 aromatic heterocycles. The lowest BCUT2D eigenvalue weighted by Gasteiger charge is -2.40. The summed E-state index contributed by atoms with van der Waals surface area (Å²) in [4.78, 5) is 23.2. The van der Waals surface area contributed by atoms with Gasteiger partial charge in [0.05, 0.1) is 10.6 Å². The average Bonchev–Trinajstić information content (AvgIpc) is 3.24. The van der Waals surface area contributed by atoms with Gasteiger partial charge in [-0.05, 0) is 55.0 Å². The highest BCUT2D eigenvalue weighted by Gasteiger charge is 2.45. The van der Waals surface area contributed by atoms with Crippen LogP contribution < -0.4 is 0 Å². The number of carbonyl (C=O) groups excluding carboxylic acids is 1. The third kappa shape index (κ3) is 2.74. The molecule has 1 aromatic carbocycles. The van der Waals surface area contributed by atoms with Gasteiger partial charge >= 0.3 is 0 Å². The van der Waals surface area contributed by atoms with Crippen LogP contribution in [0.5, 0.6) is 0 Å². The van der Waals surface area contributed by atoms with E-state index in [2.05, 4.69) is 27.1 Å². The van der Waals surface area contributed by atoms with Crippen molar-refractivity contribution in [2.75, 3.05) is 6.54 Å². The highest BCUT2D eigenvalue weighted by molar-refractivity contribution is 6.33. The number of amides is 1. The number of hydrogen-bond donors (Lipinski definition) is 1. The topological polar surface area (TPSA) is 49.0 Å². The molecule has 0 radical (unpaired) electrons. The SMILES string of the molecule is O=C(c1ccccc1Cl)N1CCC(c2c[nH]c3ncccc23)C1C1CCC1. The standard InChI is InChI=1S/C22H22ClN3O/c23-19-9-2-1-7-17(19)22(27)26-12-10-15(20(26)14-5-3-6-14)18-13-25-21-16(18)8-4-11-24-21/h1-2,4,7-9,11,13-15,20H,3,5-6,10,12H2,(H,24,25). The van der Waals surface area contributed by atoms with Crippen molar-refractivity contribution in [3.63, 3.8) is 0 Å². The molecular weight excluding hydrogens is 358 g/mol. The van der Waals surface area contributed by atoms with Crippen LogP contribution in [0.25, 0.3) is 11.0 Å². The Balaban J connectivity index is 1.52. The smallest absolute Gasteiger partial charge is 0.255 e. The number of hydrogen-bond acceptors (Lipinski definition) is 2. The molecule has 5 rings (SSSR count). The molecule has 3 heterocycles. The third-order valence-electron chi connectivity index (χ3n) is 6.33. The molecule has 2 aliphatic rings. The first kappa shape index (κ1) is 16.8. The number of likely N-dealkylation sites (tertiary alicyclic amines) is 1. The van der Waals surface area contributed by atoms with Crippen LogP contribution in [0.3, 0.4) is 0 Å². The van der Waals surface area contributed by atoms with Crippen LogP contribution in [0.4, 0.5) is 0 Å². The Morgan fingerprint density at radius 2 is 2.00 bits per heavy atom. The lowest BCUT2D eigenvalue weighted by atomic mass is 9.73. The number of carbonyl (C=O) groups is 1. The van der Waals surface area contributed by atoms with Gasteiger partial charge < -0.3 is 9.88 Å². The lowest BCUT2D eigenvalue weighted by molar-refractivity contribution is 0.0608. The first-order valence-electron chi connectivity index (χ1n) is 9.71.